The second-order valence-corrected chi connectivity index (χ2v) is 5.84. The monoisotopic (exact) mass is 262 g/mol. The first-order valence-electron chi connectivity index (χ1n) is 7.55. The van der Waals surface area contributed by atoms with Crippen molar-refractivity contribution in [2.45, 2.75) is 33.1 Å². The van der Waals surface area contributed by atoms with Gasteiger partial charge < -0.3 is 0 Å². The van der Waals surface area contributed by atoms with Gasteiger partial charge in [-0.25, -0.2) is 0 Å². The average Bonchev–Trinajstić information content (AvgIpc) is 2.47. The molecule has 2 bridgehead atoms. The highest BCUT2D eigenvalue weighted by molar-refractivity contribution is 5.55. The summed E-state index contributed by atoms with van der Waals surface area (Å²) < 4.78 is 0. The van der Waals surface area contributed by atoms with Crippen molar-refractivity contribution in [3.05, 3.63) is 76.4 Å². The quantitative estimate of drug-likeness (QED) is 0.676. The van der Waals surface area contributed by atoms with Crippen LogP contribution in [0, 0.1) is 5.92 Å². The SMILES string of the molecule is C/C=C\c1ccccc1CC1=CC(C)=C2C=CCC1C2. The number of benzene rings is 1. The third kappa shape index (κ3) is 2.56. The van der Waals surface area contributed by atoms with Gasteiger partial charge in [0.2, 0.25) is 0 Å². The van der Waals surface area contributed by atoms with Gasteiger partial charge in [-0.2, -0.15) is 0 Å². The van der Waals surface area contributed by atoms with Crippen molar-refractivity contribution in [1.29, 1.82) is 0 Å². The highest BCUT2D eigenvalue weighted by Crippen LogP contribution is 2.37. The molecule has 0 aliphatic heterocycles. The van der Waals surface area contributed by atoms with Crippen molar-refractivity contribution in [1.82, 2.24) is 0 Å². The first kappa shape index (κ1) is 13.2. The maximum atomic E-state index is 2.43. The molecule has 1 unspecified atom stereocenters. The highest BCUT2D eigenvalue weighted by atomic mass is 14.3. The fourth-order valence-electron chi connectivity index (χ4n) is 3.31. The van der Waals surface area contributed by atoms with Gasteiger partial charge in [0.15, 0.2) is 0 Å². The summed E-state index contributed by atoms with van der Waals surface area (Å²) in [7, 11) is 0. The van der Waals surface area contributed by atoms with Crippen molar-refractivity contribution in [2.24, 2.45) is 5.92 Å². The molecule has 20 heavy (non-hydrogen) atoms. The van der Waals surface area contributed by atoms with Crippen LogP contribution < -0.4 is 0 Å². The fourth-order valence-corrected chi connectivity index (χ4v) is 3.31. The van der Waals surface area contributed by atoms with Crippen LogP contribution in [0.5, 0.6) is 0 Å². The van der Waals surface area contributed by atoms with E-state index >= 15 is 0 Å². The molecule has 2 aliphatic rings. The van der Waals surface area contributed by atoms with E-state index in [9.17, 15) is 0 Å². The number of rotatable bonds is 3. The van der Waals surface area contributed by atoms with Crippen molar-refractivity contribution in [2.75, 3.05) is 0 Å². The molecule has 2 aliphatic carbocycles. The van der Waals surface area contributed by atoms with Crippen LogP contribution in [0.3, 0.4) is 0 Å². The van der Waals surface area contributed by atoms with Crippen molar-refractivity contribution < 1.29 is 0 Å². The zero-order chi connectivity index (χ0) is 13.9. The maximum absolute atomic E-state index is 2.43. The first-order chi connectivity index (χ1) is 9.78. The molecule has 0 radical (unpaired) electrons. The van der Waals surface area contributed by atoms with Gasteiger partial charge >= 0.3 is 0 Å². The molecule has 1 aromatic rings. The molecule has 0 N–H and O–H groups in total. The fraction of sp³-hybridized carbons (Fsp3) is 0.300. The topological polar surface area (TPSA) is 0 Å². The Labute approximate surface area is 122 Å². The molecule has 0 heteroatoms. The minimum absolute atomic E-state index is 0.720. The highest BCUT2D eigenvalue weighted by Gasteiger charge is 2.22. The van der Waals surface area contributed by atoms with Crippen molar-refractivity contribution >= 4 is 6.08 Å². The molecule has 0 spiro atoms. The summed E-state index contributed by atoms with van der Waals surface area (Å²) in [5.41, 5.74) is 7.40. The second-order valence-electron chi connectivity index (χ2n) is 5.84. The van der Waals surface area contributed by atoms with E-state index in [1.807, 2.05) is 0 Å². The van der Waals surface area contributed by atoms with E-state index in [0.29, 0.717) is 0 Å². The third-order valence-corrected chi connectivity index (χ3v) is 4.43. The van der Waals surface area contributed by atoms with E-state index in [-0.39, 0.29) is 0 Å². The molecule has 1 aromatic carbocycles. The Morgan fingerprint density at radius 1 is 1.25 bits per heavy atom. The van der Waals surface area contributed by atoms with E-state index in [1.54, 1.807) is 5.57 Å². The van der Waals surface area contributed by atoms with Crippen LogP contribution in [0.25, 0.3) is 6.08 Å². The summed E-state index contributed by atoms with van der Waals surface area (Å²) in [6.45, 7) is 4.33. The second kappa shape index (κ2) is 5.66. The van der Waals surface area contributed by atoms with E-state index in [2.05, 4.69) is 68.5 Å². The van der Waals surface area contributed by atoms with Crippen molar-refractivity contribution in [3.8, 4) is 0 Å². The van der Waals surface area contributed by atoms with Crippen LogP contribution in [-0.4, -0.2) is 0 Å². The molecule has 0 amide bonds. The van der Waals surface area contributed by atoms with Crippen LogP contribution in [-0.2, 0) is 6.42 Å². The van der Waals surface area contributed by atoms with Gasteiger partial charge in [0.05, 0.1) is 0 Å². The van der Waals surface area contributed by atoms with Gasteiger partial charge in [-0.1, -0.05) is 60.2 Å². The number of hydrogen-bond acceptors (Lipinski definition) is 0. The smallest absolute Gasteiger partial charge is 0.00549 e. The number of allylic oxidation sites excluding steroid dienone is 7. The standard InChI is InChI=1S/C20H22/c1-3-7-16-8-4-5-9-18(16)14-20-12-15(2)17-10-6-11-19(20)13-17/h3-10,12,19H,11,13-14H2,1-2H3/b7-3-. The molecule has 0 heterocycles. The predicted octanol–water partition coefficient (Wildman–Crippen LogP) is 5.48. The average molecular weight is 262 g/mol. The summed E-state index contributed by atoms with van der Waals surface area (Å²) in [6, 6.07) is 8.76. The Morgan fingerprint density at radius 2 is 2.10 bits per heavy atom. The Balaban J connectivity index is 1.91. The Morgan fingerprint density at radius 3 is 2.95 bits per heavy atom. The zero-order valence-electron chi connectivity index (χ0n) is 12.4. The van der Waals surface area contributed by atoms with Gasteiger partial charge in [0, 0.05) is 0 Å². The summed E-state index contributed by atoms with van der Waals surface area (Å²) in [5.74, 6) is 0.720. The van der Waals surface area contributed by atoms with Gasteiger partial charge in [-0.3, -0.25) is 0 Å². The lowest BCUT2D eigenvalue weighted by Crippen LogP contribution is -2.15. The summed E-state index contributed by atoms with van der Waals surface area (Å²) in [6.07, 6.45) is 15.0. The summed E-state index contributed by atoms with van der Waals surface area (Å²) in [4.78, 5) is 0. The van der Waals surface area contributed by atoms with Crippen LogP contribution in [0.1, 0.15) is 37.8 Å². The lowest BCUT2D eigenvalue weighted by molar-refractivity contribution is 0.580. The Kier molecular flexibility index (Phi) is 3.73. The molecular weight excluding hydrogens is 240 g/mol. The molecule has 1 atom stereocenters. The van der Waals surface area contributed by atoms with E-state index in [4.69, 9.17) is 0 Å². The number of hydrogen-bond donors (Lipinski definition) is 0. The molecule has 102 valence electrons. The van der Waals surface area contributed by atoms with Gasteiger partial charge in [-0.05, 0) is 61.3 Å². The molecule has 3 rings (SSSR count). The van der Waals surface area contributed by atoms with Gasteiger partial charge in [-0.15, -0.1) is 0 Å². The molecule has 0 saturated heterocycles. The summed E-state index contributed by atoms with van der Waals surface area (Å²) >= 11 is 0. The lowest BCUT2D eigenvalue weighted by Gasteiger charge is -2.29. The molecular formula is C20H22. The summed E-state index contributed by atoms with van der Waals surface area (Å²) in [5, 5.41) is 0. The minimum Gasteiger partial charge on any atom is -0.0871 e. The van der Waals surface area contributed by atoms with Crippen LogP contribution in [0.15, 0.2) is 65.3 Å². The van der Waals surface area contributed by atoms with E-state index in [0.717, 1.165) is 12.3 Å². The van der Waals surface area contributed by atoms with E-state index < -0.39 is 0 Å². The maximum Gasteiger partial charge on any atom is -0.00549 e. The zero-order valence-corrected chi connectivity index (χ0v) is 12.4. The van der Waals surface area contributed by atoms with Gasteiger partial charge in [0.25, 0.3) is 0 Å². The minimum atomic E-state index is 0.720. The molecule has 0 fully saturated rings. The lowest BCUT2D eigenvalue weighted by atomic mass is 9.76. The normalized spacial score (nSPS) is 21.5. The first-order valence-corrected chi connectivity index (χ1v) is 7.55. The van der Waals surface area contributed by atoms with Crippen LogP contribution in [0.2, 0.25) is 0 Å². The Hall–Kier alpha value is -1.82. The molecule has 0 saturated carbocycles. The Bertz CT molecular complexity index is 623. The van der Waals surface area contributed by atoms with Crippen LogP contribution in [0.4, 0.5) is 0 Å². The molecule has 0 nitrogen and oxygen atoms in total. The largest absolute Gasteiger partial charge is 0.0871 e. The number of fused-ring (bicyclic) bond motifs is 2. The van der Waals surface area contributed by atoms with Crippen LogP contribution >= 0.6 is 0 Å². The van der Waals surface area contributed by atoms with Gasteiger partial charge in [0.1, 0.15) is 0 Å². The van der Waals surface area contributed by atoms with E-state index in [1.165, 1.54) is 35.1 Å². The molecule has 0 aromatic heterocycles. The van der Waals surface area contributed by atoms with Crippen molar-refractivity contribution in [3.63, 3.8) is 0 Å². The third-order valence-electron chi connectivity index (χ3n) is 4.43. The predicted molar refractivity (Wildman–Crippen MR) is 87.5 cm³/mol.